The molecule has 16 heavy (non-hydrogen) atoms. The van der Waals surface area contributed by atoms with E-state index in [1.807, 2.05) is 54.6 Å². The molecular formula is C13H11AsO2. The Balaban J connectivity index is 2.23. The van der Waals surface area contributed by atoms with E-state index >= 15 is 0 Å². The van der Waals surface area contributed by atoms with Gasteiger partial charge in [0.05, 0.1) is 0 Å². The summed E-state index contributed by atoms with van der Waals surface area (Å²) in [6.45, 7) is 0. The zero-order valence-corrected chi connectivity index (χ0v) is 10.6. The summed E-state index contributed by atoms with van der Waals surface area (Å²) < 4.78 is 0.277. The SMILES string of the molecule is O=C(O)[AsH]c1ccc(-c2ccccc2)cc1. The van der Waals surface area contributed by atoms with E-state index in [0.29, 0.717) is 0 Å². The molecule has 0 radical (unpaired) electrons. The normalized spacial score (nSPS) is 10.8. The van der Waals surface area contributed by atoms with Crippen LogP contribution in [0.3, 0.4) is 0 Å². The Morgan fingerprint density at radius 3 is 2.00 bits per heavy atom. The number of benzene rings is 2. The van der Waals surface area contributed by atoms with Gasteiger partial charge in [-0.25, -0.2) is 0 Å². The molecule has 2 nitrogen and oxygen atoms in total. The Morgan fingerprint density at radius 2 is 1.44 bits per heavy atom. The first kappa shape index (κ1) is 11.0. The standard InChI is InChI=1S/C13H11AsO2/c15-13(16)14-12-8-6-11(7-9-12)10-4-2-1-3-5-10/h1-9,14H,(H,15,16). The van der Waals surface area contributed by atoms with Gasteiger partial charge in [0.1, 0.15) is 0 Å². The van der Waals surface area contributed by atoms with Crippen molar-refractivity contribution in [1.29, 1.82) is 0 Å². The van der Waals surface area contributed by atoms with E-state index in [0.717, 1.165) is 15.5 Å². The van der Waals surface area contributed by atoms with Crippen molar-refractivity contribution in [3.63, 3.8) is 0 Å². The molecule has 0 aliphatic rings. The van der Waals surface area contributed by atoms with E-state index in [1.165, 1.54) is 0 Å². The second kappa shape index (κ2) is 5.00. The van der Waals surface area contributed by atoms with Crippen molar-refractivity contribution in [3.8, 4) is 11.1 Å². The molecule has 0 amide bonds. The van der Waals surface area contributed by atoms with Gasteiger partial charge in [-0.2, -0.15) is 0 Å². The van der Waals surface area contributed by atoms with E-state index in [4.69, 9.17) is 5.11 Å². The molecule has 1 unspecified atom stereocenters. The summed E-state index contributed by atoms with van der Waals surface area (Å²) in [6, 6.07) is 17.9. The van der Waals surface area contributed by atoms with Crippen molar-refractivity contribution in [3.05, 3.63) is 54.6 Å². The van der Waals surface area contributed by atoms with Crippen LogP contribution in [0.2, 0.25) is 0 Å². The van der Waals surface area contributed by atoms with Gasteiger partial charge in [0.25, 0.3) is 0 Å². The Bertz CT molecular complexity index is 477. The van der Waals surface area contributed by atoms with Gasteiger partial charge in [-0.15, -0.1) is 0 Å². The first-order valence-electron chi connectivity index (χ1n) is 4.91. The Morgan fingerprint density at radius 1 is 0.875 bits per heavy atom. The van der Waals surface area contributed by atoms with Gasteiger partial charge in [0.15, 0.2) is 0 Å². The minimum atomic E-state index is -1.03. The molecule has 1 atom stereocenters. The van der Waals surface area contributed by atoms with Gasteiger partial charge in [-0.05, 0) is 0 Å². The van der Waals surface area contributed by atoms with Crippen LogP contribution in [0.15, 0.2) is 54.6 Å². The summed E-state index contributed by atoms with van der Waals surface area (Å²) in [5.41, 5.74) is 2.28. The second-order valence-corrected chi connectivity index (χ2v) is 6.01. The van der Waals surface area contributed by atoms with Crippen LogP contribution >= 0.6 is 0 Å². The molecular weight excluding hydrogens is 263 g/mol. The molecule has 0 heterocycles. The van der Waals surface area contributed by atoms with Crippen molar-refractivity contribution < 1.29 is 9.90 Å². The molecule has 2 rings (SSSR count). The third-order valence-corrected chi connectivity index (χ3v) is 4.00. The van der Waals surface area contributed by atoms with Crippen LogP contribution in [0, 0.1) is 0 Å². The number of hydrogen-bond acceptors (Lipinski definition) is 1. The summed E-state index contributed by atoms with van der Waals surface area (Å²) in [7, 11) is 0. The quantitative estimate of drug-likeness (QED) is 0.870. The topological polar surface area (TPSA) is 37.3 Å². The molecule has 0 aromatic heterocycles. The monoisotopic (exact) mass is 274 g/mol. The van der Waals surface area contributed by atoms with Gasteiger partial charge in [-0.1, -0.05) is 0 Å². The molecule has 0 saturated heterocycles. The van der Waals surface area contributed by atoms with Gasteiger partial charge in [0.2, 0.25) is 0 Å². The van der Waals surface area contributed by atoms with Crippen LogP contribution in [-0.2, 0) is 0 Å². The third-order valence-electron chi connectivity index (χ3n) is 2.24. The molecule has 0 bridgehead atoms. The van der Waals surface area contributed by atoms with Crippen LogP contribution in [0.5, 0.6) is 0 Å². The molecule has 0 saturated carbocycles. The first-order chi connectivity index (χ1) is 7.75. The van der Waals surface area contributed by atoms with Crippen LogP contribution in [-0.4, -0.2) is 25.6 Å². The average molecular weight is 274 g/mol. The van der Waals surface area contributed by atoms with E-state index in [9.17, 15) is 4.79 Å². The molecule has 0 fully saturated rings. The average Bonchev–Trinajstić information content (AvgIpc) is 2.30. The van der Waals surface area contributed by atoms with Crippen molar-refractivity contribution in [2.75, 3.05) is 0 Å². The fourth-order valence-corrected chi connectivity index (χ4v) is 2.72. The number of carboxylic acid groups (broad SMARTS) is 1. The predicted molar refractivity (Wildman–Crippen MR) is 66.7 cm³/mol. The Kier molecular flexibility index (Phi) is 3.43. The van der Waals surface area contributed by atoms with Crippen molar-refractivity contribution >= 4 is 24.9 Å². The molecule has 0 aliphatic heterocycles. The second-order valence-electron chi connectivity index (χ2n) is 3.37. The molecule has 0 aliphatic carbocycles. The summed E-state index contributed by atoms with van der Waals surface area (Å²) in [4.78, 5) is 10.6. The van der Waals surface area contributed by atoms with Crippen molar-refractivity contribution in [1.82, 2.24) is 0 Å². The summed E-state index contributed by atoms with van der Waals surface area (Å²) in [6.07, 6.45) is 0. The van der Waals surface area contributed by atoms with Crippen molar-refractivity contribution in [2.45, 2.75) is 0 Å². The zero-order chi connectivity index (χ0) is 11.4. The van der Waals surface area contributed by atoms with Crippen LogP contribution in [0.1, 0.15) is 0 Å². The number of hydrogen-bond donors (Lipinski definition) is 1. The van der Waals surface area contributed by atoms with Gasteiger partial charge in [-0.3, -0.25) is 0 Å². The van der Waals surface area contributed by atoms with Gasteiger partial charge < -0.3 is 0 Å². The fourth-order valence-electron chi connectivity index (χ4n) is 1.50. The summed E-state index contributed by atoms with van der Waals surface area (Å²) >= 11 is -1.03. The predicted octanol–water partition coefficient (Wildman–Crippen LogP) is 2.09. The first-order valence-corrected chi connectivity index (χ1v) is 7.01. The van der Waals surface area contributed by atoms with Crippen LogP contribution in [0.4, 0.5) is 4.79 Å². The van der Waals surface area contributed by atoms with Crippen LogP contribution in [0.25, 0.3) is 11.1 Å². The zero-order valence-electron chi connectivity index (χ0n) is 8.55. The maximum absolute atomic E-state index is 10.6. The van der Waals surface area contributed by atoms with Crippen molar-refractivity contribution in [2.24, 2.45) is 0 Å². The van der Waals surface area contributed by atoms with Gasteiger partial charge >= 0.3 is 100 Å². The Labute approximate surface area is 101 Å². The van der Waals surface area contributed by atoms with E-state index in [2.05, 4.69) is 0 Å². The maximum atomic E-state index is 10.6. The number of carbonyl (C=O) groups is 1. The molecule has 0 spiro atoms. The van der Waals surface area contributed by atoms with Crippen LogP contribution < -0.4 is 4.35 Å². The Hall–Kier alpha value is -1.53. The molecule has 2 aromatic carbocycles. The molecule has 3 heteroatoms. The van der Waals surface area contributed by atoms with E-state index in [1.54, 1.807) is 0 Å². The molecule has 1 N–H and O–H groups in total. The fraction of sp³-hybridized carbons (Fsp3) is 0. The number of rotatable bonds is 3. The van der Waals surface area contributed by atoms with E-state index < -0.39 is 20.5 Å². The molecule has 80 valence electrons. The third kappa shape index (κ3) is 2.74. The van der Waals surface area contributed by atoms with E-state index in [-0.39, 0.29) is 0 Å². The summed E-state index contributed by atoms with van der Waals surface area (Å²) in [5, 5.41) is 8.71. The molecule has 2 aromatic rings. The minimum absolute atomic E-state index is 0.674. The summed E-state index contributed by atoms with van der Waals surface area (Å²) in [5.74, 6) is 0. The van der Waals surface area contributed by atoms with Gasteiger partial charge in [0, 0.05) is 0 Å².